The van der Waals surface area contributed by atoms with Crippen LogP contribution in [0.4, 0.5) is 5.69 Å². The lowest BCUT2D eigenvalue weighted by molar-refractivity contribution is 0.0954. The number of hydrazone groups is 1. The number of hydrogen-bond donors (Lipinski definition) is 2. The molecule has 0 saturated carbocycles. The van der Waals surface area contributed by atoms with Gasteiger partial charge in [0.05, 0.1) is 10.6 Å². The number of thiophene rings is 1. The molecule has 2 amide bonds. The second-order valence-electron chi connectivity index (χ2n) is 5.66. The third-order valence-electron chi connectivity index (χ3n) is 3.70. The largest absolute Gasteiger partial charge is 0.321 e. The van der Waals surface area contributed by atoms with Crippen molar-refractivity contribution in [3.8, 4) is 0 Å². The number of nitrogens with one attached hydrogen (secondary N) is 2. The van der Waals surface area contributed by atoms with Crippen LogP contribution in [0.25, 0.3) is 0 Å². The molecule has 3 rings (SSSR count). The van der Waals surface area contributed by atoms with E-state index in [1.54, 1.807) is 49.4 Å². The van der Waals surface area contributed by atoms with E-state index in [9.17, 15) is 9.59 Å². The molecule has 7 heteroatoms. The summed E-state index contributed by atoms with van der Waals surface area (Å²) in [6.07, 6.45) is 0. The number of hydrogen-bond acceptors (Lipinski definition) is 4. The number of carbonyl (C=O) groups is 2. The van der Waals surface area contributed by atoms with Gasteiger partial charge in [-0.15, -0.1) is 11.3 Å². The van der Waals surface area contributed by atoms with E-state index in [2.05, 4.69) is 15.8 Å². The molecule has 2 aromatic carbocycles. The molecule has 0 spiro atoms. The van der Waals surface area contributed by atoms with Crippen LogP contribution in [0.3, 0.4) is 0 Å². The number of halogens is 1. The summed E-state index contributed by atoms with van der Waals surface area (Å²) < 4.78 is 0. The zero-order chi connectivity index (χ0) is 19.2. The van der Waals surface area contributed by atoms with Gasteiger partial charge >= 0.3 is 0 Å². The van der Waals surface area contributed by atoms with Crippen molar-refractivity contribution in [2.24, 2.45) is 5.10 Å². The molecule has 0 aliphatic rings. The molecule has 1 aromatic heterocycles. The van der Waals surface area contributed by atoms with Crippen LogP contribution in [-0.4, -0.2) is 17.5 Å². The molecule has 27 heavy (non-hydrogen) atoms. The van der Waals surface area contributed by atoms with Gasteiger partial charge in [0.1, 0.15) is 0 Å². The molecule has 0 atom stereocenters. The Morgan fingerprint density at radius 3 is 2.48 bits per heavy atom. The van der Waals surface area contributed by atoms with Crippen molar-refractivity contribution < 1.29 is 9.59 Å². The minimum atomic E-state index is -0.348. The van der Waals surface area contributed by atoms with E-state index in [1.807, 2.05) is 23.6 Å². The van der Waals surface area contributed by atoms with Gasteiger partial charge in [-0.3, -0.25) is 9.59 Å². The second kappa shape index (κ2) is 8.62. The van der Waals surface area contributed by atoms with E-state index in [1.165, 1.54) is 11.3 Å². The zero-order valence-electron chi connectivity index (χ0n) is 14.4. The molecule has 5 nitrogen and oxygen atoms in total. The van der Waals surface area contributed by atoms with Gasteiger partial charge in [-0.05, 0) is 54.3 Å². The maximum absolute atomic E-state index is 12.2. The molecule has 3 aromatic rings. The highest BCUT2D eigenvalue weighted by Crippen LogP contribution is 2.15. The van der Waals surface area contributed by atoms with Crippen molar-refractivity contribution >= 4 is 46.2 Å². The SMILES string of the molecule is C/C(=N\NC(=O)c1cccc(Cl)c1)c1cccc(NC(=O)c2cccs2)c1. The fraction of sp³-hybridized carbons (Fsp3) is 0.0500. The number of nitrogens with zero attached hydrogens (tertiary/aromatic N) is 1. The highest BCUT2D eigenvalue weighted by atomic mass is 35.5. The monoisotopic (exact) mass is 397 g/mol. The molecule has 136 valence electrons. The molecule has 0 unspecified atom stereocenters. The first-order chi connectivity index (χ1) is 13.0. The maximum Gasteiger partial charge on any atom is 0.271 e. The molecular weight excluding hydrogens is 382 g/mol. The summed E-state index contributed by atoms with van der Waals surface area (Å²) in [5, 5.41) is 9.32. The third-order valence-corrected chi connectivity index (χ3v) is 4.80. The number of amides is 2. The normalized spacial score (nSPS) is 11.1. The minimum Gasteiger partial charge on any atom is -0.321 e. The Balaban J connectivity index is 1.69. The van der Waals surface area contributed by atoms with E-state index in [0.717, 1.165) is 5.56 Å². The predicted molar refractivity (Wildman–Crippen MR) is 110 cm³/mol. The lowest BCUT2D eigenvalue weighted by Crippen LogP contribution is -2.19. The van der Waals surface area contributed by atoms with Gasteiger partial charge in [-0.1, -0.05) is 35.9 Å². The van der Waals surface area contributed by atoms with Crippen molar-refractivity contribution in [3.05, 3.63) is 87.1 Å². The van der Waals surface area contributed by atoms with Crippen molar-refractivity contribution in [2.45, 2.75) is 6.92 Å². The summed E-state index contributed by atoms with van der Waals surface area (Å²) in [4.78, 5) is 24.9. The Morgan fingerprint density at radius 2 is 1.74 bits per heavy atom. The minimum absolute atomic E-state index is 0.161. The van der Waals surface area contributed by atoms with Crippen LogP contribution in [0.2, 0.25) is 5.02 Å². The van der Waals surface area contributed by atoms with Crippen LogP contribution in [0.1, 0.15) is 32.5 Å². The molecule has 0 aliphatic carbocycles. The van der Waals surface area contributed by atoms with Gasteiger partial charge in [-0.25, -0.2) is 5.43 Å². The van der Waals surface area contributed by atoms with Gasteiger partial charge in [0, 0.05) is 16.3 Å². The topological polar surface area (TPSA) is 70.6 Å². The van der Waals surface area contributed by atoms with E-state index in [4.69, 9.17) is 11.6 Å². The first-order valence-corrected chi connectivity index (χ1v) is 9.34. The van der Waals surface area contributed by atoms with E-state index >= 15 is 0 Å². The Morgan fingerprint density at radius 1 is 0.963 bits per heavy atom. The van der Waals surface area contributed by atoms with Gasteiger partial charge < -0.3 is 5.32 Å². The standard InChI is InChI=1S/C20H16ClN3O2S/c1-13(23-24-19(25)15-6-2-7-16(21)11-15)14-5-3-8-17(12-14)22-20(26)18-9-4-10-27-18/h2-12H,1H3,(H,22,26)(H,24,25)/b23-13+. The van der Waals surface area contributed by atoms with Crippen LogP contribution in [0.5, 0.6) is 0 Å². The predicted octanol–water partition coefficient (Wildman–Crippen LogP) is 4.81. The van der Waals surface area contributed by atoms with Crippen molar-refractivity contribution in [3.63, 3.8) is 0 Å². The lowest BCUT2D eigenvalue weighted by atomic mass is 10.1. The zero-order valence-corrected chi connectivity index (χ0v) is 16.0. The summed E-state index contributed by atoms with van der Waals surface area (Å²) in [5.41, 5.74) is 4.98. The highest BCUT2D eigenvalue weighted by molar-refractivity contribution is 7.12. The maximum atomic E-state index is 12.2. The van der Waals surface area contributed by atoms with Gasteiger partial charge in [0.15, 0.2) is 0 Å². The van der Waals surface area contributed by atoms with Crippen LogP contribution >= 0.6 is 22.9 Å². The summed E-state index contributed by atoms with van der Waals surface area (Å²) >= 11 is 7.27. The second-order valence-corrected chi connectivity index (χ2v) is 7.04. The van der Waals surface area contributed by atoms with Gasteiger partial charge in [0.2, 0.25) is 0 Å². The summed E-state index contributed by atoms with van der Waals surface area (Å²) in [6, 6.07) is 17.5. The van der Waals surface area contributed by atoms with Crippen LogP contribution in [0, 0.1) is 0 Å². The van der Waals surface area contributed by atoms with E-state index < -0.39 is 0 Å². The molecule has 0 saturated heterocycles. The van der Waals surface area contributed by atoms with Gasteiger partial charge in [-0.2, -0.15) is 5.10 Å². The molecule has 1 heterocycles. The first-order valence-electron chi connectivity index (χ1n) is 8.08. The molecule has 0 bridgehead atoms. The van der Waals surface area contributed by atoms with E-state index in [-0.39, 0.29) is 11.8 Å². The number of rotatable bonds is 5. The fourth-order valence-corrected chi connectivity index (χ4v) is 3.13. The Labute approximate surface area is 165 Å². The molecule has 2 N–H and O–H groups in total. The van der Waals surface area contributed by atoms with Crippen molar-refractivity contribution in [1.82, 2.24) is 5.43 Å². The Hall–Kier alpha value is -2.96. The Bertz CT molecular complexity index is 1000. The van der Waals surface area contributed by atoms with Crippen LogP contribution in [-0.2, 0) is 0 Å². The quantitative estimate of drug-likeness (QED) is 0.479. The number of anilines is 1. The van der Waals surface area contributed by atoms with Crippen LogP contribution in [0.15, 0.2) is 71.1 Å². The molecule has 0 radical (unpaired) electrons. The summed E-state index contributed by atoms with van der Waals surface area (Å²) in [5.74, 6) is -0.509. The number of carbonyl (C=O) groups excluding carboxylic acids is 2. The Kier molecular flexibility index (Phi) is 6.01. The van der Waals surface area contributed by atoms with Crippen LogP contribution < -0.4 is 10.7 Å². The lowest BCUT2D eigenvalue weighted by Gasteiger charge is -2.07. The van der Waals surface area contributed by atoms with Crippen molar-refractivity contribution in [1.29, 1.82) is 0 Å². The molecule has 0 fully saturated rings. The van der Waals surface area contributed by atoms with E-state index in [0.29, 0.717) is 26.9 Å². The summed E-state index contributed by atoms with van der Waals surface area (Å²) in [7, 11) is 0. The smallest absolute Gasteiger partial charge is 0.271 e. The number of benzene rings is 2. The van der Waals surface area contributed by atoms with Crippen molar-refractivity contribution in [2.75, 3.05) is 5.32 Å². The highest BCUT2D eigenvalue weighted by Gasteiger charge is 2.09. The van der Waals surface area contributed by atoms with Gasteiger partial charge in [0.25, 0.3) is 11.8 Å². The first kappa shape index (κ1) is 18.8. The average molecular weight is 398 g/mol. The molecule has 0 aliphatic heterocycles. The third kappa shape index (κ3) is 5.03. The average Bonchev–Trinajstić information content (AvgIpc) is 3.21. The summed E-state index contributed by atoms with van der Waals surface area (Å²) in [6.45, 7) is 1.78. The fourth-order valence-electron chi connectivity index (χ4n) is 2.32. The molecular formula is C20H16ClN3O2S.